The van der Waals surface area contributed by atoms with Crippen molar-refractivity contribution in [1.82, 2.24) is 4.31 Å². The van der Waals surface area contributed by atoms with Gasteiger partial charge in [-0.15, -0.1) is 0 Å². The molecule has 1 saturated heterocycles. The molecular weight excluding hydrogens is 374 g/mol. The van der Waals surface area contributed by atoms with Gasteiger partial charge in [0.05, 0.1) is 11.1 Å². The lowest BCUT2D eigenvalue weighted by molar-refractivity contribution is -0.140. The highest BCUT2D eigenvalue weighted by Crippen LogP contribution is 2.32. The van der Waals surface area contributed by atoms with E-state index in [-0.39, 0.29) is 22.9 Å². The van der Waals surface area contributed by atoms with E-state index in [2.05, 4.69) is 15.9 Å². The Labute approximate surface area is 129 Å². The average Bonchev–Trinajstić information content (AvgIpc) is 2.71. The summed E-state index contributed by atoms with van der Waals surface area (Å²) in [5.74, 6) is -1.29. The minimum atomic E-state index is -4.07. The smallest absolute Gasteiger partial charge is 0.322 e. The quantitative estimate of drug-likeness (QED) is 0.819. The second kappa shape index (κ2) is 5.61. The third-order valence-corrected chi connectivity index (χ3v) is 5.85. The van der Waals surface area contributed by atoms with Crippen LogP contribution in [-0.2, 0) is 14.8 Å². The van der Waals surface area contributed by atoms with Gasteiger partial charge in [-0.05, 0) is 18.2 Å². The first-order chi connectivity index (χ1) is 9.23. The van der Waals surface area contributed by atoms with Gasteiger partial charge in [0, 0.05) is 17.4 Å². The van der Waals surface area contributed by atoms with Crippen molar-refractivity contribution in [3.63, 3.8) is 0 Å². The van der Waals surface area contributed by atoms with Crippen molar-refractivity contribution < 1.29 is 23.4 Å². The molecule has 6 nitrogen and oxygen atoms in total. The number of rotatable bonds is 3. The van der Waals surface area contributed by atoms with Gasteiger partial charge in [-0.25, -0.2) is 8.42 Å². The summed E-state index contributed by atoms with van der Waals surface area (Å²) in [6, 6.07) is 2.93. The number of aliphatic hydroxyl groups excluding tert-OH is 1. The summed E-state index contributed by atoms with van der Waals surface area (Å²) in [4.78, 5) is 10.9. The van der Waals surface area contributed by atoms with Crippen LogP contribution in [0.4, 0.5) is 0 Å². The van der Waals surface area contributed by atoms with Crippen LogP contribution >= 0.6 is 27.5 Å². The van der Waals surface area contributed by atoms with Gasteiger partial charge in [0.2, 0.25) is 10.0 Å². The zero-order chi connectivity index (χ0) is 15.1. The van der Waals surface area contributed by atoms with Crippen molar-refractivity contribution in [2.45, 2.75) is 23.5 Å². The van der Waals surface area contributed by atoms with Crippen LogP contribution in [-0.4, -0.2) is 47.6 Å². The Kier molecular flexibility index (Phi) is 4.41. The van der Waals surface area contributed by atoms with Gasteiger partial charge >= 0.3 is 5.97 Å². The standard InChI is InChI=1S/C11H11BrClNO5S/c12-6-1-2-10(8(13)3-6)20(18,19)14-5-7(15)4-9(14)11(16)17/h1-3,7,9,15H,4-5H2,(H,16,17)/t7?,9-/m0/s1. The normalized spacial score (nSPS) is 23.9. The summed E-state index contributed by atoms with van der Waals surface area (Å²) in [6.45, 7) is -0.258. The molecule has 1 unspecified atom stereocenters. The molecule has 2 atom stereocenters. The molecule has 1 aromatic rings. The van der Waals surface area contributed by atoms with E-state index in [1.807, 2.05) is 0 Å². The molecule has 2 rings (SSSR count). The Morgan fingerprint density at radius 1 is 1.45 bits per heavy atom. The Bertz CT molecular complexity index is 650. The summed E-state index contributed by atoms with van der Waals surface area (Å²) in [5, 5.41) is 18.6. The first-order valence-corrected chi connectivity index (χ1v) is 8.22. The highest BCUT2D eigenvalue weighted by Gasteiger charge is 2.44. The fourth-order valence-electron chi connectivity index (χ4n) is 2.09. The highest BCUT2D eigenvalue weighted by atomic mass is 79.9. The maximum atomic E-state index is 12.5. The molecular formula is C11H11BrClNO5S. The summed E-state index contributed by atoms with van der Waals surface area (Å²) >= 11 is 9.07. The van der Waals surface area contributed by atoms with E-state index in [1.54, 1.807) is 0 Å². The monoisotopic (exact) mass is 383 g/mol. The number of carboxylic acids is 1. The van der Waals surface area contributed by atoms with Crippen molar-refractivity contribution in [2.75, 3.05) is 6.54 Å². The summed E-state index contributed by atoms with van der Waals surface area (Å²) < 4.78 is 26.3. The highest BCUT2D eigenvalue weighted by molar-refractivity contribution is 9.10. The fraction of sp³-hybridized carbons (Fsp3) is 0.364. The van der Waals surface area contributed by atoms with Crippen LogP contribution in [0.5, 0.6) is 0 Å². The average molecular weight is 385 g/mol. The molecule has 1 aliphatic heterocycles. The van der Waals surface area contributed by atoms with E-state index in [1.165, 1.54) is 18.2 Å². The molecule has 1 aliphatic rings. The zero-order valence-corrected chi connectivity index (χ0v) is 13.2. The van der Waals surface area contributed by atoms with Crippen LogP contribution < -0.4 is 0 Å². The molecule has 9 heteroatoms. The topological polar surface area (TPSA) is 94.9 Å². The van der Waals surface area contributed by atoms with Crippen molar-refractivity contribution in [2.24, 2.45) is 0 Å². The van der Waals surface area contributed by atoms with Gasteiger partial charge in [0.25, 0.3) is 0 Å². The maximum absolute atomic E-state index is 12.5. The summed E-state index contributed by atoms with van der Waals surface area (Å²) in [7, 11) is -4.07. The lowest BCUT2D eigenvalue weighted by atomic mass is 10.2. The first kappa shape index (κ1) is 15.7. The number of nitrogens with zero attached hydrogens (tertiary/aromatic N) is 1. The number of benzene rings is 1. The third kappa shape index (κ3) is 2.84. The van der Waals surface area contributed by atoms with E-state index < -0.39 is 28.1 Å². The molecule has 1 heterocycles. The molecule has 0 aromatic heterocycles. The number of β-amino-alcohol motifs (C(OH)–C–C–N with tert-alkyl or cyclic N) is 1. The van der Waals surface area contributed by atoms with Gasteiger partial charge in [-0.3, -0.25) is 4.79 Å². The molecule has 0 saturated carbocycles. The van der Waals surface area contributed by atoms with Gasteiger partial charge in [0.1, 0.15) is 10.9 Å². The molecule has 0 aliphatic carbocycles. The number of sulfonamides is 1. The molecule has 20 heavy (non-hydrogen) atoms. The molecule has 1 aromatic carbocycles. The second-order valence-electron chi connectivity index (χ2n) is 4.39. The van der Waals surface area contributed by atoms with E-state index in [4.69, 9.17) is 16.7 Å². The molecule has 0 amide bonds. The van der Waals surface area contributed by atoms with E-state index in [0.29, 0.717) is 4.47 Å². The van der Waals surface area contributed by atoms with Crippen molar-refractivity contribution in [3.05, 3.63) is 27.7 Å². The predicted octanol–water partition coefficient (Wildman–Crippen LogP) is 1.31. The lowest BCUT2D eigenvalue weighted by Crippen LogP contribution is -2.40. The summed E-state index contributed by atoms with van der Waals surface area (Å²) in [5.41, 5.74) is 0. The predicted molar refractivity (Wildman–Crippen MR) is 75.1 cm³/mol. The molecule has 0 radical (unpaired) electrons. The van der Waals surface area contributed by atoms with Crippen LogP contribution in [0.3, 0.4) is 0 Å². The Hall–Kier alpha value is -0.670. The molecule has 110 valence electrons. The van der Waals surface area contributed by atoms with Crippen LogP contribution in [0.1, 0.15) is 6.42 Å². The number of carboxylic acid groups (broad SMARTS) is 1. The van der Waals surface area contributed by atoms with Crippen LogP contribution in [0.25, 0.3) is 0 Å². The maximum Gasteiger partial charge on any atom is 0.322 e. The van der Waals surface area contributed by atoms with Gasteiger partial charge in [0.15, 0.2) is 0 Å². The fourth-order valence-corrected chi connectivity index (χ4v) is 4.73. The van der Waals surface area contributed by atoms with Crippen LogP contribution in [0.15, 0.2) is 27.6 Å². The summed E-state index contributed by atoms with van der Waals surface area (Å²) in [6.07, 6.45) is -1.14. The Morgan fingerprint density at radius 3 is 2.65 bits per heavy atom. The Balaban J connectivity index is 2.46. The lowest BCUT2D eigenvalue weighted by Gasteiger charge is -2.21. The van der Waals surface area contributed by atoms with E-state index in [9.17, 15) is 18.3 Å². The minimum Gasteiger partial charge on any atom is -0.480 e. The first-order valence-electron chi connectivity index (χ1n) is 5.61. The van der Waals surface area contributed by atoms with Crippen LogP contribution in [0, 0.1) is 0 Å². The zero-order valence-electron chi connectivity index (χ0n) is 10.0. The number of carbonyl (C=O) groups is 1. The number of hydrogen-bond acceptors (Lipinski definition) is 4. The molecule has 0 bridgehead atoms. The van der Waals surface area contributed by atoms with Crippen molar-refractivity contribution in [1.29, 1.82) is 0 Å². The molecule has 2 N–H and O–H groups in total. The van der Waals surface area contributed by atoms with Crippen molar-refractivity contribution in [3.8, 4) is 0 Å². The van der Waals surface area contributed by atoms with Crippen LogP contribution in [0.2, 0.25) is 5.02 Å². The second-order valence-corrected chi connectivity index (χ2v) is 7.57. The van der Waals surface area contributed by atoms with Crippen molar-refractivity contribution >= 4 is 43.5 Å². The van der Waals surface area contributed by atoms with Gasteiger partial charge < -0.3 is 10.2 Å². The van der Waals surface area contributed by atoms with Gasteiger partial charge in [-0.1, -0.05) is 27.5 Å². The third-order valence-electron chi connectivity index (χ3n) is 3.00. The number of aliphatic hydroxyl groups is 1. The number of hydrogen-bond donors (Lipinski definition) is 2. The molecule has 1 fully saturated rings. The SMILES string of the molecule is O=C(O)[C@@H]1CC(O)CN1S(=O)(=O)c1ccc(Br)cc1Cl. The number of aliphatic carboxylic acids is 1. The molecule has 0 spiro atoms. The van der Waals surface area contributed by atoms with E-state index in [0.717, 1.165) is 4.31 Å². The minimum absolute atomic E-state index is 0.00935. The largest absolute Gasteiger partial charge is 0.480 e. The van der Waals surface area contributed by atoms with Gasteiger partial charge in [-0.2, -0.15) is 4.31 Å². The number of halogens is 2. The Morgan fingerprint density at radius 2 is 2.10 bits per heavy atom. The van der Waals surface area contributed by atoms with E-state index >= 15 is 0 Å².